The van der Waals surface area contributed by atoms with Crippen molar-refractivity contribution in [2.24, 2.45) is 11.7 Å². The maximum absolute atomic E-state index is 5.57. The molecule has 4 heteroatoms. The summed E-state index contributed by atoms with van der Waals surface area (Å²) < 4.78 is 1.95. The molecule has 1 atom stereocenters. The number of rotatable bonds is 6. The Morgan fingerprint density at radius 2 is 2.36 bits per heavy atom. The van der Waals surface area contributed by atoms with Crippen LogP contribution in [0.3, 0.4) is 0 Å². The third-order valence-corrected chi connectivity index (χ3v) is 2.30. The maximum atomic E-state index is 5.57. The molecule has 1 heterocycles. The predicted molar refractivity (Wildman–Crippen MR) is 57.9 cm³/mol. The van der Waals surface area contributed by atoms with Crippen molar-refractivity contribution in [3.05, 3.63) is 18.5 Å². The monoisotopic (exact) mass is 196 g/mol. The lowest BCUT2D eigenvalue weighted by atomic mass is 10.2. The van der Waals surface area contributed by atoms with Crippen LogP contribution >= 0.6 is 0 Å². The Morgan fingerprint density at radius 1 is 1.57 bits per heavy atom. The third kappa shape index (κ3) is 3.89. The first-order valence-electron chi connectivity index (χ1n) is 5.08. The Hall–Kier alpha value is -0.870. The third-order valence-electron chi connectivity index (χ3n) is 2.30. The second-order valence-electron chi connectivity index (χ2n) is 3.87. The van der Waals surface area contributed by atoms with Crippen molar-refractivity contribution in [3.8, 4) is 0 Å². The van der Waals surface area contributed by atoms with E-state index in [1.165, 1.54) is 0 Å². The highest BCUT2D eigenvalue weighted by atomic mass is 15.3. The molecule has 0 aliphatic rings. The normalized spacial score (nSPS) is 13.4. The Morgan fingerprint density at radius 3 is 2.93 bits per heavy atom. The van der Waals surface area contributed by atoms with Crippen LogP contribution in [0.4, 0.5) is 0 Å². The molecular weight excluding hydrogens is 176 g/mol. The van der Waals surface area contributed by atoms with Crippen LogP contribution in [0.1, 0.15) is 6.92 Å². The zero-order valence-corrected chi connectivity index (χ0v) is 9.06. The molecule has 0 amide bonds. The Kier molecular flexibility index (Phi) is 4.62. The van der Waals surface area contributed by atoms with Crippen molar-refractivity contribution >= 4 is 0 Å². The smallest absolute Gasteiger partial charge is 0.0536 e. The number of likely N-dealkylation sites (N-methyl/N-ethyl adjacent to an activating group) is 1. The van der Waals surface area contributed by atoms with Crippen molar-refractivity contribution in [1.29, 1.82) is 0 Å². The quantitative estimate of drug-likeness (QED) is 0.717. The van der Waals surface area contributed by atoms with E-state index in [1.807, 2.05) is 23.1 Å². The molecule has 1 rings (SSSR count). The van der Waals surface area contributed by atoms with Gasteiger partial charge >= 0.3 is 0 Å². The van der Waals surface area contributed by atoms with E-state index in [9.17, 15) is 0 Å². The molecular formula is C10H20N4. The lowest BCUT2D eigenvalue weighted by molar-refractivity contribution is 0.274. The van der Waals surface area contributed by atoms with E-state index >= 15 is 0 Å². The SMILES string of the molecule is CC(CN)CN(C)CCn1cccn1. The highest BCUT2D eigenvalue weighted by molar-refractivity contribution is 4.77. The van der Waals surface area contributed by atoms with Gasteiger partial charge in [0.1, 0.15) is 0 Å². The van der Waals surface area contributed by atoms with Crippen LogP contribution in [-0.4, -0.2) is 41.4 Å². The molecule has 1 aromatic rings. The van der Waals surface area contributed by atoms with Gasteiger partial charge in [0.05, 0.1) is 6.54 Å². The number of nitrogens with zero attached hydrogens (tertiary/aromatic N) is 3. The zero-order chi connectivity index (χ0) is 10.4. The molecule has 0 spiro atoms. The van der Waals surface area contributed by atoms with E-state index in [1.54, 1.807) is 0 Å². The van der Waals surface area contributed by atoms with Crippen LogP contribution in [-0.2, 0) is 6.54 Å². The van der Waals surface area contributed by atoms with Crippen LogP contribution in [0.25, 0.3) is 0 Å². The fourth-order valence-corrected chi connectivity index (χ4v) is 1.40. The summed E-state index contributed by atoms with van der Waals surface area (Å²) in [5, 5.41) is 4.15. The van der Waals surface area contributed by atoms with Gasteiger partial charge in [-0.25, -0.2) is 0 Å². The lowest BCUT2D eigenvalue weighted by Crippen LogP contribution is -2.31. The first-order chi connectivity index (χ1) is 6.72. The number of hydrogen-bond donors (Lipinski definition) is 1. The minimum absolute atomic E-state index is 0.567. The Balaban J connectivity index is 2.18. The summed E-state index contributed by atoms with van der Waals surface area (Å²) >= 11 is 0. The van der Waals surface area contributed by atoms with Crippen LogP contribution in [0, 0.1) is 5.92 Å². The van der Waals surface area contributed by atoms with Gasteiger partial charge in [0.25, 0.3) is 0 Å². The number of hydrogen-bond acceptors (Lipinski definition) is 3. The Labute approximate surface area is 85.7 Å². The fraction of sp³-hybridized carbons (Fsp3) is 0.700. The van der Waals surface area contributed by atoms with E-state index in [0.29, 0.717) is 5.92 Å². The van der Waals surface area contributed by atoms with E-state index in [0.717, 1.165) is 26.2 Å². The van der Waals surface area contributed by atoms with E-state index in [2.05, 4.69) is 24.0 Å². The van der Waals surface area contributed by atoms with Gasteiger partial charge in [-0.05, 0) is 25.6 Å². The summed E-state index contributed by atoms with van der Waals surface area (Å²) in [5.41, 5.74) is 5.57. The molecule has 1 aromatic heterocycles. The molecule has 2 N–H and O–H groups in total. The summed E-state index contributed by atoms with van der Waals surface area (Å²) in [6, 6.07) is 1.95. The molecule has 0 fully saturated rings. The van der Waals surface area contributed by atoms with E-state index in [4.69, 9.17) is 5.73 Å². The molecule has 0 radical (unpaired) electrons. The highest BCUT2D eigenvalue weighted by Crippen LogP contribution is 1.95. The van der Waals surface area contributed by atoms with Crippen molar-refractivity contribution in [2.45, 2.75) is 13.5 Å². The van der Waals surface area contributed by atoms with Crippen molar-refractivity contribution in [3.63, 3.8) is 0 Å². The van der Waals surface area contributed by atoms with Gasteiger partial charge in [-0.2, -0.15) is 5.10 Å². The van der Waals surface area contributed by atoms with Crippen molar-refractivity contribution in [2.75, 3.05) is 26.7 Å². The minimum atomic E-state index is 0.567. The van der Waals surface area contributed by atoms with Crippen LogP contribution in [0.5, 0.6) is 0 Å². The molecule has 0 saturated heterocycles. The summed E-state index contributed by atoms with van der Waals surface area (Å²) in [5.74, 6) is 0.567. The van der Waals surface area contributed by atoms with Crippen LogP contribution < -0.4 is 5.73 Å². The maximum Gasteiger partial charge on any atom is 0.0536 e. The first-order valence-corrected chi connectivity index (χ1v) is 5.08. The average molecular weight is 196 g/mol. The lowest BCUT2D eigenvalue weighted by Gasteiger charge is -2.19. The van der Waals surface area contributed by atoms with Gasteiger partial charge in [0.15, 0.2) is 0 Å². The molecule has 0 aliphatic heterocycles. The Bertz CT molecular complexity index is 232. The van der Waals surface area contributed by atoms with Gasteiger partial charge in [-0.15, -0.1) is 0 Å². The summed E-state index contributed by atoms with van der Waals surface area (Å²) in [4.78, 5) is 2.29. The molecule has 0 aromatic carbocycles. The molecule has 0 bridgehead atoms. The number of nitrogens with two attached hydrogens (primary N) is 1. The van der Waals surface area contributed by atoms with Gasteiger partial charge in [0, 0.05) is 25.5 Å². The predicted octanol–water partition coefficient (Wildman–Crippen LogP) is 0.410. The molecule has 4 nitrogen and oxygen atoms in total. The van der Waals surface area contributed by atoms with E-state index < -0.39 is 0 Å². The zero-order valence-electron chi connectivity index (χ0n) is 9.06. The first kappa shape index (κ1) is 11.2. The molecule has 0 saturated carbocycles. The standard InChI is InChI=1S/C10H20N4/c1-10(8-11)9-13(2)6-7-14-5-3-4-12-14/h3-5,10H,6-9,11H2,1-2H3. The fourth-order valence-electron chi connectivity index (χ4n) is 1.40. The van der Waals surface area contributed by atoms with Crippen molar-refractivity contribution in [1.82, 2.24) is 14.7 Å². The topological polar surface area (TPSA) is 47.1 Å². The minimum Gasteiger partial charge on any atom is -0.330 e. The summed E-state index contributed by atoms with van der Waals surface area (Å²) in [6.45, 7) is 5.95. The van der Waals surface area contributed by atoms with Gasteiger partial charge in [-0.1, -0.05) is 6.92 Å². The van der Waals surface area contributed by atoms with Crippen molar-refractivity contribution < 1.29 is 0 Å². The van der Waals surface area contributed by atoms with Gasteiger partial charge < -0.3 is 10.6 Å². The largest absolute Gasteiger partial charge is 0.330 e. The molecule has 1 unspecified atom stereocenters. The molecule has 0 aliphatic carbocycles. The van der Waals surface area contributed by atoms with E-state index in [-0.39, 0.29) is 0 Å². The average Bonchev–Trinajstić information content (AvgIpc) is 2.67. The van der Waals surface area contributed by atoms with Gasteiger partial charge in [0.2, 0.25) is 0 Å². The summed E-state index contributed by atoms with van der Waals surface area (Å²) in [6.07, 6.45) is 3.79. The molecule has 80 valence electrons. The number of aromatic nitrogens is 2. The van der Waals surface area contributed by atoms with Crippen LogP contribution in [0.15, 0.2) is 18.5 Å². The highest BCUT2D eigenvalue weighted by Gasteiger charge is 2.04. The van der Waals surface area contributed by atoms with Crippen LogP contribution in [0.2, 0.25) is 0 Å². The second kappa shape index (κ2) is 5.78. The van der Waals surface area contributed by atoms with Gasteiger partial charge in [-0.3, -0.25) is 4.68 Å². The second-order valence-corrected chi connectivity index (χ2v) is 3.87. The summed E-state index contributed by atoms with van der Waals surface area (Å²) in [7, 11) is 2.12. The molecule has 14 heavy (non-hydrogen) atoms.